The van der Waals surface area contributed by atoms with Crippen LogP contribution in [0.25, 0.3) is 0 Å². The maximum Gasteiger partial charge on any atom is 0.0601 e. The molecule has 1 aliphatic heterocycles. The highest BCUT2D eigenvalue weighted by molar-refractivity contribution is 8.06. The molecule has 6 heteroatoms. The van der Waals surface area contributed by atoms with Gasteiger partial charge in [0.2, 0.25) is 0 Å². The summed E-state index contributed by atoms with van der Waals surface area (Å²) in [6.45, 7) is 0. The lowest BCUT2D eigenvalue weighted by Crippen LogP contribution is -2.37. The molecule has 1 aromatic carbocycles. The third kappa shape index (κ3) is 3.46. The topological polar surface area (TPSA) is 38.0 Å². The normalized spacial score (nSPS) is 22.4. The average Bonchev–Trinajstić information content (AvgIpc) is 2.36. The zero-order valence-electron chi connectivity index (χ0n) is 9.16. The first-order chi connectivity index (χ1) is 8.22. The summed E-state index contributed by atoms with van der Waals surface area (Å²) in [5.41, 5.74) is 3.87. The van der Waals surface area contributed by atoms with Crippen LogP contribution in [0.4, 0.5) is 0 Å². The van der Waals surface area contributed by atoms with Crippen LogP contribution in [0, 0.1) is 0 Å². The van der Waals surface area contributed by atoms with Crippen molar-refractivity contribution < 1.29 is 0 Å². The predicted octanol–water partition coefficient (Wildman–Crippen LogP) is 3.35. The molecule has 94 valence electrons. The summed E-state index contributed by atoms with van der Waals surface area (Å²) in [5, 5.41) is 1.85. The van der Waals surface area contributed by atoms with Crippen molar-refractivity contribution in [2.45, 2.75) is 11.3 Å². The number of benzene rings is 1. The van der Waals surface area contributed by atoms with E-state index in [1.165, 1.54) is 5.75 Å². The molecule has 0 radical (unpaired) electrons. The lowest BCUT2D eigenvalue weighted by atomic mass is 10.0. The second-order valence-electron chi connectivity index (χ2n) is 3.79. The van der Waals surface area contributed by atoms with Crippen LogP contribution >= 0.6 is 46.7 Å². The zero-order valence-corrected chi connectivity index (χ0v) is 12.3. The molecule has 3 N–H and O–H groups in total. The summed E-state index contributed by atoms with van der Waals surface area (Å²) < 4.78 is 0. The monoisotopic (exact) mass is 308 g/mol. The zero-order chi connectivity index (χ0) is 12.3. The van der Waals surface area contributed by atoms with Crippen molar-refractivity contribution in [3.63, 3.8) is 0 Å². The van der Waals surface area contributed by atoms with Gasteiger partial charge in [0, 0.05) is 32.6 Å². The van der Waals surface area contributed by atoms with Crippen molar-refractivity contribution in [1.82, 2.24) is 5.43 Å². The summed E-state index contributed by atoms with van der Waals surface area (Å²) in [6.07, 6.45) is 0. The smallest absolute Gasteiger partial charge is 0.0601 e. The number of hydrogen-bond acceptors (Lipinski definition) is 4. The van der Waals surface area contributed by atoms with Gasteiger partial charge in [-0.25, -0.2) is 0 Å². The minimum atomic E-state index is 0.0546. The molecule has 1 heterocycles. The fourth-order valence-corrected chi connectivity index (χ4v) is 5.11. The Morgan fingerprint density at radius 1 is 1.35 bits per heavy atom. The first kappa shape index (κ1) is 13.8. The second kappa shape index (κ2) is 6.55. The van der Waals surface area contributed by atoms with Gasteiger partial charge in [-0.05, 0) is 23.8 Å². The van der Waals surface area contributed by atoms with Crippen molar-refractivity contribution in [1.29, 1.82) is 0 Å². The number of nitrogens with one attached hydrogen (secondary N) is 1. The molecular weight excluding hydrogens is 295 g/mol. The molecule has 17 heavy (non-hydrogen) atoms. The summed E-state index contributed by atoms with van der Waals surface area (Å²) in [6, 6.07) is 5.57. The Hall–Kier alpha value is 0.420. The fourth-order valence-electron chi connectivity index (χ4n) is 1.85. The molecule has 2 rings (SSSR count). The van der Waals surface area contributed by atoms with Gasteiger partial charge in [0.15, 0.2) is 0 Å². The summed E-state index contributed by atoms with van der Waals surface area (Å²) >= 11 is 16.1. The van der Waals surface area contributed by atoms with Crippen LogP contribution in [0.2, 0.25) is 10.0 Å². The third-order valence-electron chi connectivity index (χ3n) is 2.69. The second-order valence-corrected chi connectivity index (χ2v) is 7.13. The lowest BCUT2D eigenvalue weighted by Gasteiger charge is -2.29. The molecule has 1 saturated heterocycles. The van der Waals surface area contributed by atoms with E-state index in [2.05, 4.69) is 5.43 Å². The molecule has 1 fully saturated rings. The molecule has 2 nitrogen and oxygen atoms in total. The molecule has 1 aromatic rings. The van der Waals surface area contributed by atoms with Crippen LogP contribution in [-0.2, 0) is 0 Å². The number of rotatable bonds is 3. The average molecular weight is 309 g/mol. The first-order valence-corrected chi connectivity index (χ1v) is 8.28. The minimum Gasteiger partial charge on any atom is -0.271 e. The van der Waals surface area contributed by atoms with E-state index in [9.17, 15) is 0 Å². The highest BCUT2D eigenvalue weighted by atomic mass is 35.5. The van der Waals surface area contributed by atoms with E-state index in [0.29, 0.717) is 15.3 Å². The van der Waals surface area contributed by atoms with Crippen molar-refractivity contribution >= 4 is 46.7 Å². The van der Waals surface area contributed by atoms with Crippen LogP contribution in [-0.4, -0.2) is 22.5 Å². The Balaban J connectivity index is 2.24. The van der Waals surface area contributed by atoms with Gasteiger partial charge < -0.3 is 0 Å². The molecular formula is C11H14Cl2N2S2. The Bertz CT molecular complexity index is 384. The maximum atomic E-state index is 6.22. The fraction of sp³-hybridized carbons (Fsp3) is 0.455. The van der Waals surface area contributed by atoms with E-state index in [-0.39, 0.29) is 6.04 Å². The van der Waals surface area contributed by atoms with Gasteiger partial charge in [-0.1, -0.05) is 23.2 Å². The van der Waals surface area contributed by atoms with Gasteiger partial charge in [0.05, 0.1) is 6.04 Å². The molecule has 0 spiro atoms. The van der Waals surface area contributed by atoms with Crippen LogP contribution < -0.4 is 11.3 Å². The summed E-state index contributed by atoms with van der Waals surface area (Å²) in [7, 11) is 0. The van der Waals surface area contributed by atoms with Gasteiger partial charge in [-0.15, -0.1) is 0 Å². The molecule has 2 unspecified atom stereocenters. The maximum absolute atomic E-state index is 6.22. The molecule has 2 atom stereocenters. The molecule has 0 saturated carbocycles. The Labute approximate surface area is 120 Å². The standard InChI is InChI=1S/C11H14Cl2N2S2/c12-7-1-2-9(13)8(5-7)11(15-14)10-6-16-3-4-17-10/h1-2,5,10-11,15H,3-4,6,14H2. The van der Waals surface area contributed by atoms with E-state index >= 15 is 0 Å². The van der Waals surface area contributed by atoms with E-state index in [1.54, 1.807) is 6.07 Å². The number of halogens is 2. The van der Waals surface area contributed by atoms with E-state index < -0.39 is 0 Å². The van der Waals surface area contributed by atoms with Crippen LogP contribution in [0.1, 0.15) is 11.6 Å². The molecule has 0 aliphatic carbocycles. The summed E-state index contributed by atoms with van der Waals surface area (Å²) in [4.78, 5) is 0. The van der Waals surface area contributed by atoms with Crippen LogP contribution in [0.3, 0.4) is 0 Å². The van der Waals surface area contributed by atoms with Gasteiger partial charge >= 0.3 is 0 Å². The Morgan fingerprint density at radius 2 is 2.18 bits per heavy atom. The first-order valence-electron chi connectivity index (χ1n) is 5.33. The predicted molar refractivity (Wildman–Crippen MR) is 80.1 cm³/mol. The molecule has 0 amide bonds. The van der Waals surface area contributed by atoms with Gasteiger partial charge in [-0.2, -0.15) is 23.5 Å². The highest BCUT2D eigenvalue weighted by Crippen LogP contribution is 2.36. The van der Waals surface area contributed by atoms with Crippen molar-refractivity contribution in [2.24, 2.45) is 5.84 Å². The molecule has 0 bridgehead atoms. The van der Waals surface area contributed by atoms with E-state index in [1.807, 2.05) is 35.7 Å². The van der Waals surface area contributed by atoms with Crippen LogP contribution in [0.15, 0.2) is 18.2 Å². The van der Waals surface area contributed by atoms with Gasteiger partial charge in [0.25, 0.3) is 0 Å². The number of thioether (sulfide) groups is 2. The number of hydrazine groups is 1. The third-order valence-corrected chi connectivity index (χ3v) is 6.13. The lowest BCUT2D eigenvalue weighted by molar-refractivity contribution is 0.553. The SMILES string of the molecule is NNC(c1cc(Cl)ccc1Cl)C1CSCCS1. The largest absolute Gasteiger partial charge is 0.271 e. The van der Waals surface area contributed by atoms with Crippen molar-refractivity contribution in [3.8, 4) is 0 Å². The quantitative estimate of drug-likeness (QED) is 0.663. The highest BCUT2D eigenvalue weighted by Gasteiger charge is 2.26. The minimum absolute atomic E-state index is 0.0546. The Kier molecular flexibility index (Phi) is 5.33. The number of hydrogen-bond donors (Lipinski definition) is 2. The number of nitrogens with two attached hydrogens (primary N) is 1. The molecule has 0 aromatic heterocycles. The van der Waals surface area contributed by atoms with Gasteiger partial charge in [-0.3, -0.25) is 11.3 Å². The Morgan fingerprint density at radius 3 is 2.82 bits per heavy atom. The molecule has 1 aliphatic rings. The van der Waals surface area contributed by atoms with E-state index in [4.69, 9.17) is 29.0 Å². The van der Waals surface area contributed by atoms with Gasteiger partial charge in [0.1, 0.15) is 0 Å². The summed E-state index contributed by atoms with van der Waals surface area (Å²) in [5.74, 6) is 9.13. The van der Waals surface area contributed by atoms with Crippen molar-refractivity contribution in [2.75, 3.05) is 17.3 Å². The van der Waals surface area contributed by atoms with Crippen LogP contribution in [0.5, 0.6) is 0 Å². The van der Waals surface area contributed by atoms with Crippen molar-refractivity contribution in [3.05, 3.63) is 33.8 Å². The van der Waals surface area contributed by atoms with E-state index in [0.717, 1.165) is 17.1 Å².